The van der Waals surface area contributed by atoms with Gasteiger partial charge in [0.05, 0.1) is 16.9 Å². The third kappa shape index (κ3) is 4.16. The van der Waals surface area contributed by atoms with Crippen molar-refractivity contribution in [3.8, 4) is 10.6 Å². The maximum Gasteiger partial charge on any atom is 0.411 e. The largest absolute Gasteiger partial charge is 0.444 e. The first-order valence-electron chi connectivity index (χ1n) is 10.2. The molecule has 31 heavy (non-hydrogen) atoms. The minimum Gasteiger partial charge on any atom is -0.444 e. The lowest BCUT2D eigenvalue weighted by Crippen LogP contribution is -2.46. The lowest BCUT2D eigenvalue weighted by molar-refractivity contribution is -0.114. The zero-order chi connectivity index (χ0) is 22.5. The molecule has 4 rings (SSSR count). The molecule has 1 unspecified atom stereocenters. The van der Waals surface area contributed by atoms with Crippen LogP contribution in [0.1, 0.15) is 58.0 Å². The monoisotopic (exact) mass is 458 g/mol. The van der Waals surface area contributed by atoms with E-state index in [9.17, 15) is 9.59 Å². The lowest BCUT2D eigenvalue weighted by atomic mass is 9.93. The Morgan fingerprint density at radius 3 is 2.65 bits per heavy atom. The van der Waals surface area contributed by atoms with Gasteiger partial charge in [-0.2, -0.15) is 0 Å². The van der Waals surface area contributed by atoms with E-state index < -0.39 is 5.60 Å². The number of pyridine rings is 1. The molecule has 4 heterocycles. The van der Waals surface area contributed by atoms with Gasteiger partial charge in [0.1, 0.15) is 21.1 Å². The second-order valence-electron chi connectivity index (χ2n) is 8.81. The molecule has 0 aliphatic carbocycles. The van der Waals surface area contributed by atoms with Crippen LogP contribution in [0.3, 0.4) is 0 Å². The van der Waals surface area contributed by atoms with Gasteiger partial charge in [-0.3, -0.25) is 14.7 Å². The van der Waals surface area contributed by atoms with Crippen LogP contribution < -0.4 is 5.32 Å². The van der Waals surface area contributed by atoms with E-state index in [1.807, 2.05) is 40.7 Å². The Balaban J connectivity index is 1.81. The number of carbonyl (C=O) groups is 2. The number of ether oxygens (including phenoxy) is 1. The summed E-state index contributed by atoms with van der Waals surface area (Å²) in [6.07, 6.45) is 3.85. The van der Waals surface area contributed by atoms with E-state index in [0.717, 1.165) is 36.2 Å². The number of nitrogens with zero attached hydrogens (tertiary/aromatic N) is 3. The Labute approximate surface area is 189 Å². The van der Waals surface area contributed by atoms with Crippen molar-refractivity contribution in [3.63, 3.8) is 0 Å². The molecule has 0 spiro atoms. The van der Waals surface area contributed by atoms with Crippen molar-refractivity contribution in [1.82, 2.24) is 14.9 Å². The summed E-state index contributed by atoms with van der Waals surface area (Å²) in [5.41, 5.74) is 2.37. The van der Waals surface area contributed by atoms with Gasteiger partial charge in [-0.1, -0.05) is 0 Å². The molecule has 0 aromatic carbocycles. The highest BCUT2D eigenvalue weighted by Gasteiger charge is 2.39. The van der Waals surface area contributed by atoms with E-state index in [4.69, 9.17) is 9.72 Å². The Kier molecular flexibility index (Phi) is 5.51. The number of thiazole rings is 1. The quantitative estimate of drug-likeness (QED) is 0.539. The predicted molar refractivity (Wildman–Crippen MR) is 125 cm³/mol. The van der Waals surface area contributed by atoms with Gasteiger partial charge in [0, 0.05) is 29.6 Å². The number of hydrogen-bond acceptors (Lipinski definition) is 7. The van der Waals surface area contributed by atoms with E-state index in [2.05, 4.69) is 10.3 Å². The van der Waals surface area contributed by atoms with Crippen molar-refractivity contribution >= 4 is 49.9 Å². The van der Waals surface area contributed by atoms with Crippen molar-refractivity contribution < 1.29 is 14.3 Å². The van der Waals surface area contributed by atoms with Gasteiger partial charge in [-0.15, -0.1) is 22.7 Å². The maximum absolute atomic E-state index is 12.9. The number of anilines is 1. The SMILES string of the molecule is CC(=O)Nc1sc2c(c1-c1nc3cnccc3s1)C[C@@H](C)N(C(=O)OC(C)(C)C)C2C. The molecule has 2 amide bonds. The van der Waals surface area contributed by atoms with Gasteiger partial charge < -0.3 is 10.1 Å². The molecule has 9 heteroatoms. The van der Waals surface area contributed by atoms with Gasteiger partial charge in [0.2, 0.25) is 5.91 Å². The normalized spacial score (nSPS) is 18.7. The second kappa shape index (κ2) is 7.87. The number of aromatic nitrogens is 2. The molecule has 2 atom stereocenters. The van der Waals surface area contributed by atoms with E-state index in [1.54, 1.807) is 28.6 Å². The summed E-state index contributed by atoms with van der Waals surface area (Å²) < 4.78 is 6.71. The summed E-state index contributed by atoms with van der Waals surface area (Å²) in [6, 6.07) is 1.73. The number of fused-ring (bicyclic) bond motifs is 2. The topological polar surface area (TPSA) is 84.4 Å². The van der Waals surface area contributed by atoms with E-state index in [0.29, 0.717) is 6.42 Å². The molecule has 0 saturated carbocycles. The smallest absolute Gasteiger partial charge is 0.411 e. The number of thiophene rings is 1. The molecule has 1 aliphatic heterocycles. The van der Waals surface area contributed by atoms with Crippen molar-refractivity contribution in [2.24, 2.45) is 0 Å². The number of rotatable bonds is 2. The molecule has 1 aliphatic rings. The van der Waals surface area contributed by atoms with Gasteiger partial charge >= 0.3 is 6.09 Å². The van der Waals surface area contributed by atoms with Crippen molar-refractivity contribution in [2.45, 2.75) is 65.6 Å². The van der Waals surface area contributed by atoms with Crippen LogP contribution >= 0.6 is 22.7 Å². The molecular weight excluding hydrogens is 432 g/mol. The van der Waals surface area contributed by atoms with Crippen LogP contribution in [0.25, 0.3) is 20.8 Å². The highest BCUT2D eigenvalue weighted by Crippen LogP contribution is 2.49. The third-order valence-corrected chi connectivity index (χ3v) is 7.48. The van der Waals surface area contributed by atoms with E-state index in [-0.39, 0.29) is 24.1 Å². The van der Waals surface area contributed by atoms with Crippen LogP contribution in [0.4, 0.5) is 9.80 Å². The average Bonchev–Trinajstić information content (AvgIpc) is 3.20. The molecular formula is C22H26N4O3S2. The standard InChI is InChI=1S/C22H26N4O3S2/c1-11-9-14-17(20-25-15-10-23-8-7-16(15)30-20)19(24-13(3)27)31-18(14)12(2)26(11)21(28)29-22(4,5)6/h7-8,10-12H,9H2,1-6H3,(H,24,27)/t11-,12?/m1/s1. The third-order valence-electron chi connectivity index (χ3n) is 5.11. The Morgan fingerprint density at radius 2 is 2.00 bits per heavy atom. The number of hydrogen-bond donors (Lipinski definition) is 1. The van der Waals surface area contributed by atoms with Crippen LogP contribution in [0.5, 0.6) is 0 Å². The minimum atomic E-state index is -0.562. The van der Waals surface area contributed by atoms with Crippen molar-refractivity contribution in [2.75, 3.05) is 5.32 Å². The molecule has 0 fully saturated rings. The lowest BCUT2D eigenvalue weighted by Gasteiger charge is -2.39. The van der Waals surface area contributed by atoms with E-state index >= 15 is 0 Å². The Morgan fingerprint density at radius 1 is 1.26 bits per heavy atom. The van der Waals surface area contributed by atoms with Crippen LogP contribution in [0.2, 0.25) is 0 Å². The zero-order valence-corrected chi connectivity index (χ0v) is 20.1. The molecule has 164 valence electrons. The second-order valence-corrected chi connectivity index (χ2v) is 10.9. The molecule has 7 nitrogen and oxygen atoms in total. The summed E-state index contributed by atoms with van der Waals surface area (Å²) in [5, 5.41) is 4.62. The summed E-state index contributed by atoms with van der Waals surface area (Å²) >= 11 is 3.10. The van der Waals surface area contributed by atoms with Crippen molar-refractivity contribution in [3.05, 3.63) is 28.9 Å². The highest BCUT2D eigenvalue weighted by atomic mass is 32.1. The van der Waals surface area contributed by atoms with Gasteiger partial charge in [-0.25, -0.2) is 9.78 Å². The van der Waals surface area contributed by atoms with Crippen LogP contribution in [0, 0.1) is 0 Å². The summed E-state index contributed by atoms with van der Waals surface area (Å²) in [6.45, 7) is 11.2. The highest BCUT2D eigenvalue weighted by molar-refractivity contribution is 7.23. The van der Waals surface area contributed by atoms with Crippen molar-refractivity contribution in [1.29, 1.82) is 0 Å². The molecule has 1 N–H and O–H groups in total. The fraction of sp³-hybridized carbons (Fsp3) is 0.455. The summed E-state index contributed by atoms with van der Waals surface area (Å²) in [7, 11) is 0. The minimum absolute atomic E-state index is 0.0491. The van der Waals surface area contributed by atoms with Gasteiger partial charge in [-0.05, 0) is 52.7 Å². The maximum atomic E-state index is 12.9. The van der Waals surface area contributed by atoms with Crippen LogP contribution in [-0.4, -0.2) is 38.5 Å². The average molecular weight is 459 g/mol. The van der Waals surface area contributed by atoms with E-state index in [1.165, 1.54) is 18.3 Å². The van der Waals surface area contributed by atoms with Crippen LogP contribution in [0.15, 0.2) is 18.5 Å². The predicted octanol–water partition coefficient (Wildman–Crippen LogP) is 5.62. The first-order valence-corrected chi connectivity index (χ1v) is 11.8. The number of amides is 2. The number of carbonyl (C=O) groups excluding carboxylic acids is 2. The molecule has 0 bridgehead atoms. The fourth-order valence-corrected chi connectivity index (χ4v) is 6.34. The fourth-order valence-electron chi connectivity index (χ4n) is 3.94. The summed E-state index contributed by atoms with van der Waals surface area (Å²) in [5.74, 6) is -0.132. The molecule has 0 saturated heterocycles. The van der Waals surface area contributed by atoms with Crippen LogP contribution in [-0.2, 0) is 16.0 Å². The van der Waals surface area contributed by atoms with Gasteiger partial charge in [0.15, 0.2) is 0 Å². The molecule has 3 aromatic heterocycles. The Hall–Kier alpha value is -2.52. The first kappa shape index (κ1) is 21.7. The summed E-state index contributed by atoms with van der Waals surface area (Å²) in [4.78, 5) is 36.7. The number of nitrogens with one attached hydrogen (secondary N) is 1. The van der Waals surface area contributed by atoms with Gasteiger partial charge in [0.25, 0.3) is 0 Å². The zero-order valence-electron chi connectivity index (χ0n) is 18.5. The first-order chi connectivity index (χ1) is 14.5. The molecule has 3 aromatic rings. The molecule has 0 radical (unpaired) electrons. The Bertz CT molecular complexity index is 1130.